The zero-order valence-corrected chi connectivity index (χ0v) is 14.3. The SMILES string of the molecule is O=C(NCc1ccc(N2CCCC2)cc1)c1ccc(Br)cc1F. The summed E-state index contributed by atoms with van der Waals surface area (Å²) in [5.41, 5.74) is 2.28. The first-order valence-electron chi connectivity index (χ1n) is 7.70. The summed E-state index contributed by atoms with van der Waals surface area (Å²) >= 11 is 3.18. The van der Waals surface area contributed by atoms with Crippen LogP contribution in [0.2, 0.25) is 0 Å². The molecule has 3 nitrogen and oxygen atoms in total. The zero-order valence-electron chi connectivity index (χ0n) is 12.7. The Bertz CT molecular complexity index is 697. The Morgan fingerprint density at radius 1 is 1.13 bits per heavy atom. The van der Waals surface area contributed by atoms with Crippen LogP contribution in [0.15, 0.2) is 46.9 Å². The molecule has 0 aromatic heterocycles. The fourth-order valence-electron chi connectivity index (χ4n) is 2.75. The molecule has 5 heteroatoms. The van der Waals surface area contributed by atoms with Crippen LogP contribution in [0.5, 0.6) is 0 Å². The normalized spacial score (nSPS) is 14.1. The molecule has 23 heavy (non-hydrogen) atoms. The van der Waals surface area contributed by atoms with Crippen molar-refractivity contribution in [2.45, 2.75) is 19.4 Å². The van der Waals surface area contributed by atoms with Crippen LogP contribution >= 0.6 is 15.9 Å². The molecule has 2 aromatic rings. The second-order valence-corrected chi connectivity index (χ2v) is 6.58. The number of anilines is 1. The van der Waals surface area contributed by atoms with Gasteiger partial charge in [0.25, 0.3) is 5.91 Å². The van der Waals surface area contributed by atoms with Gasteiger partial charge in [0.05, 0.1) is 5.56 Å². The van der Waals surface area contributed by atoms with Gasteiger partial charge in [-0.1, -0.05) is 28.1 Å². The van der Waals surface area contributed by atoms with E-state index in [-0.39, 0.29) is 5.56 Å². The second-order valence-electron chi connectivity index (χ2n) is 5.67. The van der Waals surface area contributed by atoms with E-state index in [9.17, 15) is 9.18 Å². The number of amides is 1. The Kier molecular flexibility index (Phi) is 4.96. The van der Waals surface area contributed by atoms with E-state index in [0.29, 0.717) is 11.0 Å². The average Bonchev–Trinajstić information content (AvgIpc) is 3.07. The zero-order chi connectivity index (χ0) is 16.2. The number of hydrogen-bond acceptors (Lipinski definition) is 2. The summed E-state index contributed by atoms with van der Waals surface area (Å²) in [5, 5.41) is 2.76. The third-order valence-corrected chi connectivity index (χ3v) is 4.53. The lowest BCUT2D eigenvalue weighted by atomic mass is 10.1. The van der Waals surface area contributed by atoms with E-state index in [1.165, 1.54) is 30.7 Å². The van der Waals surface area contributed by atoms with Crippen molar-refractivity contribution in [2.24, 2.45) is 0 Å². The van der Waals surface area contributed by atoms with Gasteiger partial charge in [0, 0.05) is 29.8 Å². The van der Waals surface area contributed by atoms with Gasteiger partial charge in [-0.3, -0.25) is 4.79 Å². The topological polar surface area (TPSA) is 32.3 Å². The summed E-state index contributed by atoms with van der Waals surface area (Å²) in [6.07, 6.45) is 2.49. The number of carbonyl (C=O) groups is 1. The number of nitrogens with one attached hydrogen (secondary N) is 1. The van der Waals surface area contributed by atoms with Crippen molar-refractivity contribution in [2.75, 3.05) is 18.0 Å². The van der Waals surface area contributed by atoms with Crippen LogP contribution in [0.1, 0.15) is 28.8 Å². The Morgan fingerprint density at radius 2 is 1.83 bits per heavy atom. The highest BCUT2D eigenvalue weighted by Gasteiger charge is 2.13. The van der Waals surface area contributed by atoms with Crippen LogP contribution < -0.4 is 10.2 Å². The first-order chi connectivity index (χ1) is 11.1. The summed E-state index contributed by atoms with van der Waals surface area (Å²) in [6, 6.07) is 12.6. The summed E-state index contributed by atoms with van der Waals surface area (Å²) in [4.78, 5) is 14.4. The van der Waals surface area contributed by atoms with Crippen molar-refractivity contribution in [3.8, 4) is 0 Å². The standard InChI is InChI=1S/C18H18BrFN2O/c19-14-5-8-16(17(20)11-14)18(23)21-12-13-3-6-15(7-4-13)22-9-1-2-10-22/h3-8,11H,1-2,9-10,12H2,(H,21,23). The van der Waals surface area contributed by atoms with Crippen LogP contribution in [-0.4, -0.2) is 19.0 Å². The Balaban J connectivity index is 1.60. The third-order valence-electron chi connectivity index (χ3n) is 4.04. The fourth-order valence-corrected chi connectivity index (χ4v) is 3.08. The second kappa shape index (κ2) is 7.13. The Labute approximate surface area is 143 Å². The van der Waals surface area contributed by atoms with Crippen molar-refractivity contribution in [1.29, 1.82) is 0 Å². The van der Waals surface area contributed by atoms with Crippen LogP contribution in [0, 0.1) is 5.82 Å². The van der Waals surface area contributed by atoms with E-state index >= 15 is 0 Å². The van der Waals surface area contributed by atoms with Gasteiger partial charge in [0.2, 0.25) is 0 Å². The van der Waals surface area contributed by atoms with Crippen LogP contribution in [0.3, 0.4) is 0 Å². The monoisotopic (exact) mass is 376 g/mol. The highest BCUT2D eigenvalue weighted by atomic mass is 79.9. The van der Waals surface area contributed by atoms with E-state index in [4.69, 9.17) is 0 Å². The largest absolute Gasteiger partial charge is 0.372 e. The van der Waals surface area contributed by atoms with Crippen LogP contribution in [0.4, 0.5) is 10.1 Å². The first-order valence-corrected chi connectivity index (χ1v) is 8.50. The van der Waals surface area contributed by atoms with E-state index in [1.54, 1.807) is 6.07 Å². The van der Waals surface area contributed by atoms with Gasteiger partial charge in [-0.05, 0) is 48.7 Å². The van der Waals surface area contributed by atoms with E-state index in [2.05, 4.69) is 38.3 Å². The molecular formula is C18H18BrFN2O. The maximum absolute atomic E-state index is 13.8. The average molecular weight is 377 g/mol. The van der Waals surface area contributed by atoms with Crippen molar-refractivity contribution >= 4 is 27.5 Å². The van der Waals surface area contributed by atoms with Crippen LogP contribution in [-0.2, 0) is 6.54 Å². The minimum Gasteiger partial charge on any atom is -0.372 e. The maximum atomic E-state index is 13.8. The summed E-state index contributed by atoms with van der Waals surface area (Å²) in [7, 11) is 0. The molecule has 1 aliphatic heterocycles. The maximum Gasteiger partial charge on any atom is 0.254 e. The molecule has 2 aromatic carbocycles. The van der Waals surface area contributed by atoms with Crippen molar-refractivity contribution in [3.05, 3.63) is 63.9 Å². The number of nitrogens with zero attached hydrogens (tertiary/aromatic N) is 1. The number of benzene rings is 2. The third kappa shape index (κ3) is 3.91. The Morgan fingerprint density at radius 3 is 2.48 bits per heavy atom. The molecule has 0 aliphatic carbocycles. The van der Waals surface area contributed by atoms with Gasteiger partial charge in [0.15, 0.2) is 0 Å². The quantitative estimate of drug-likeness (QED) is 0.870. The minimum atomic E-state index is -0.527. The lowest BCUT2D eigenvalue weighted by molar-refractivity contribution is 0.0947. The highest BCUT2D eigenvalue weighted by Crippen LogP contribution is 2.20. The molecule has 3 rings (SSSR count). The van der Waals surface area contributed by atoms with Crippen LogP contribution in [0.25, 0.3) is 0 Å². The van der Waals surface area contributed by atoms with Crippen molar-refractivity contribution < 1.29 is 9.18 Å². The number of halogens is 2. The van der Waals surface area contributed by atoms with Gasteiger partial charge in [0.1, 0.15) is 5.82 Å². The first kappa shape index (κ1) is 16.0. The van der Waals surface area contributed by atoms with E-state index in [1.807, 2.05) is 12.1 Å². The lowest BCUT2D eigenvalue weighted by Gasteiger charge is -2.17. The summed E-state index contributed by atoms with van der Waals surface area (Å²) in [6.45, 7) is 2.60. The molecule has 1 fully saturated rings. The Hall–Kier alpha value is -1.88. The molecule has 0 bridgehead atoms. The molecule has 1 N–H and O–H groups in total. The van der Waals surface area contributed by atoms with Gasteiger partial charge < -0.3 is 10.2 Å². The van der Waals surface area contributed by atoms with Crippen molar-refractivity contribution in [3.63, 3.8) is 0 Å². The molecule has 1 amide bonds. The molecular weight excluding hydrogens is 359 g/mol. The number of hydrogen-bond donors (Lipinski definition) is 1. The molecule has 120 valence electrons. The van der Waals surface area contributed by atoms with E-state index in [0.717, 1.165) is 18.7 Å². The molecule has 0 unspecified atom stereocenters. The predicted molar refractivity (Wildman–Crippen MR) is 93.2 cm³/mol. The number of carbonyl (C=O) groups excluding carboxylic acids is 1. The highest BCUT2D eigenvalue weighted by molar-refractivity contribution is 9.10. The molecule has 1 aliphatic rings. The molecule has 0 atom stereocenters. The predicted octanol–water partition coefficient (Wildman–Crippen LogP) is 4.12. The lowest BCUT2D eigenvalue weighted by Crippen LogP contribution is -2.24. The van der Waals surface area contributed by atoms with Gasteiger partial charge in [-0.2, -0.15) is 0 Å². The van der Waals surface area contributed by atoms with Crippen molar-refractivity contribution in [1.82, 2.24) is 5.32 Å². The minimum absolute atomic E-state index is 0.0573. The molecule has 1 heterocycles. The smallest absolute Gasteiger partial charge is 0.254 e. The molecule has 0 spiro atoms. The molecule has 0 saturated carbocycles. The summed E-state index contributed by atoms with van der Waals surface area (Å²) in [5.74, 6) is -0.931. The fraction of sp³-hybridized carbons (Fsp3) is 0.278. The van der Waals surface area contributed by atoms with Gasteiger partial charge >= 0.3 is 0 Å². The summed E-state index contributed by atoms with van der Waals surface area (Å²) < 4.78 is 14.4. The molecule has 0 radical (unpaired) electrons. The van der Waals surface area contributed by atoms with E-state index < -0.39 is 11.7 Å². The molecule has 1 saturated heterocycles. The number of rotatable bonds is 4. The van der Waals surface area contributed by atoms with Gasteiger partial charge in [-0.25, -0.2) is 4.39 Å². The van der Waals surface area contributed by atoms with Gasteiger partial charge in [-0.15, -0.1) is 0 Å².